The fourth-order valence-electron chi connectivity index (χ4n) is 4.47. The van der Waals surface area contributed by atoms with Crippen LogP contribution in [0.4, 0.5) is 15.4 Å². The number of aryl methyl sites for hydroxylation is 2. The van der Waals surface area contributed by atoms with Crippen molar-refractivity contribution in [1.29, 1.82) is 0 Å². The van der Waals surface area contributed by atoms with E-state index >= 15 is 0 Å². The molecule has 10 nitrogen and oxygen atoms in total. The summed E-state index contributed by atoms with van der Waals surface area (Å²) in [4.78, 5) is 34.5. The number of nitrogens with zero attached hydrogens (tertiary/aromatic N) is 4. The monoisotopic (exact) mass is 474 g/mol. The number of aromatic nitrogens is 1. The molecule has 1 aromatic heterocycles. The first-order valence-corrected chi connectivity index (χ1v) is 11.7. The minimum atomic E-state index is -0.682. The van der Waals surface area contributed by atoms with Crippen LogP contribution in [-0.4, -0.2) is 64.8 Å². The summed E-state index contributed by atoms with van der Waals surface area (Å²) in [5, 5.41) is 4.08. The summed E-state index contributed by atoms with van der Waals surface area (Å²) >= 11 is 0. The Labute approximate surface area is 201 Å². The van der Waals surface area contributed by atoms with Crippen molar-refractivity contribution in [3.8, 4) is 0 Å². The van der Waals surface area contributed by atoms with E-state index in [4.69, 9.17) is 20.2 Å². The van der Waals surface area contributed by atoms with Crippen molar-refractivity contribution in [3.63, 3.8) is 0 Å². The van der Waals surface area contributed by atoms with E-state index in [1.807, 2.05) is 54.5 Å². The Kier molecular flexibility index (Phi) is 6.74. The number of carbonyl (C=O) groups excluding carboxylic acids is 2. The molecule has 10 heteroatoms. The summed E-state index contributed by atoms with van der Waals surface area (Å²) in [5.41, 5.74) is 9.18. The molecule has 1 aromatic rings. The van der Waals surface area contributed by atoms with E-state index in [0.717, 1.165) is 11.1 Å². The third-order valence-corrected chi connectivity index (χ3v) is 5.88. The van der Waals surface area contributed by atoms with Gasteiger partial charge in [0.15, 0.2) is 5.84 Å². The molecule has 0 unspecified atom stereocenters. The molecule has 2 aliphatic heterocycles. The summed E-state index contributed by atoms with van der Waals surface area (Å²) < 4.78 is 11.4. The molecular weight excluding hydrogens is 436 g/mol. The molecule has 0 aliphatic carbocycles. The van der Waals surface area contributed by atoms with Crippen molar-refractivity contribution in [2.75, 3.05) is 25.0 Å². The molecule has 0 saturated carbocycles. The molecule has 188 valence electrons. The van der Waals surface area contributed by atoms with Gasteiger partial charge in [-0.15, -0.1) is 0 Å². The summed E-state index contributed by atoms with van der Waals surface area (Å²) in [6.45, 7) is 13.7. The molecule has 2 aliphatic rings. The molecule has 1 spiro atoms. The SMILES string of the molecule is CN/N=C(\N)c1cc2c(nc1C)N(C(=O)OC(C)(C)C)[C@]1(CC2)CCN(C(=O)OC(C)(C)C)C1. The first-order chi connectivity index (χ1) is 15.7. The average Bonchev–Trinajstić information content (AvgIpc) is 3.09. The minimum absolute atomic E-state index is 0.330. The van der Waals surface area contributed by atoms with Crippen LogP contribution in [0.15, 0.2) is 11.2 Å². The van der Waals surface area contributed by atoms with Gasteiger partial charge in [0.05, 0.1) is 11.2 Å². The van der Waals surface area contributed by atoms with Gasteiger partial charge in [0.25, 0.3) is 0 Å². The maximum absolute atomic E-state index is 13.5. The van der Waals surface area contributed by atoms with Crippen molar-refractivity contribution in [2.45, 2.75) is 84.5 Å². The van der Waals surface area contributed by atoms with Gasteiger partial charge in [-0.25, -0.2) is 14.6 Å². The van der Waals surface area contributed by atoms with E-state index < -0.39 is 22.8 Å². The maximum Gasteiger partial charge on any atom is 0.416 e. The highest BCUT2D eigenvalue weighted by molar-refractivity contribution is 5.99. The number of hydrogen-bond donors (Lipinski definition) is 2. The Balaban J connectivity index is 2.03. The number of ether oxygens (including phenoxy) is 2. The topological polar surface area (TPSA) is 122 Å². The number of fused-ring (bicyclic) bond motifs is 1. The largest absolute Gasteiger partial charge is 0.444 e. The maximum atomic E-state index is 13.5. The predicted molar refractivity (Wildman–Crippen MR) is 131 cm³/mol. The number of anilines is 1. The second-order valence-corrected chi connectivity index (χ2v) is 11.0. The number of pyridine rings is 1. The smallest absolute Gasteiger partial charge is 0.416 e. The molecule has 1 fully saturated rings. The summed E-state index contributed by atoms with van der Waals surface area (Å²) in [5.74, 6) is 0.876. The van der Waals surface area contributed by atoms with Crippen molar-refractivity contribution >= 4 is 23.8 Å². The summed E-state index contributed by atoms with van der Waals surface area (Å²) in [6, 6.07) is 1.94. The normalized spacial score (nSPS) is 20.9. The Hall–Kier alpha value is -3.04. The van der Waals surface area contributed by atoms with Crippen LogP contribution in [-0.2, 0) is 15.9 Å². The lowest BCUT2D eigenvalue weighted by molar-refractivity contribution is 0.0272. The number of nitrogens with two attached hydrogens (primary N) is 1. The first kappa shape index (κ1) is 25.6. The third kappa shape index (κ3) is 5.37. The number of amides is 2. The van der Waals surface area contributed by atoms with Gasteiger partial charge in [-0.2, -0.15) is 5.10 Å². The zero-order valence-electron chi connectivity index (χ0n) is 21.6. The second-order valence-electron chi connectivity index (χ2n) is 11.0. The van der Waals surface area contributed by atoms with E-state index in [0.29, 0.717) is 49.7 Å². The highest BCUT2D eigenvalue weighted by atomic mass is 16.6. The van der Waals surface area contributed by atoms with Gasteiger partial charge >= 0.3 is 12.2 Å². The fourth-order valence-corrected chi connectivity index (χ4v) is 4.47. The molecule has 0 bridgehead atoms. The highest BCUT2D eigenvalue weighted by Crippen LogP contribution is 2.43. The number of hydrogen-bond acceptors (Lipinski definition) is 7. The van der Waals surface area contributed by atoms with Gasteiger partial charge in [-0.3, -0.25) is 4.90 Å². The van der Waals surface area contributed by atoms with Crippen molar-refractivity contribution in [2.24, 2.45) is 10.8 Å². The number of rotatable bonds is 2. The van der Waals surface area contributed by atoms with Crippen LogP contribution in [0.3, 0.4) is 0 Å². The lowest BCUT2D eigenvalue weighted by Gasteiger charge is -2.44. The van der Waals surface area contributed by atoms with Gasteiger partial charge in [-0.05, 0) is 79.4 Å². The van der Waals surface area contributed by atoms with Crippen molar-refractivity contribution in [3.05, 3.63) is 22.9 Å². The van der Waals surface area contributed by atoms with E-state index in [1.54, 1.807) is 16.8 Å². The van der Waals surface area contributed by atoms with E-state index in [-0.39, 0.29) is 6.09 Å². The number of carbonyl (C=O) groups is 2. The van der Waals surface area contributed by atoms with Crippen LogP contribution in [0.25, 0.3) is 0 Å². The molecule has 0 radical (unpaired) electrons. The van der Waals surface area contributed by atoms with Gasteiger partial charge in [0.1, 0.15) is 17.0 Å². The highest BCUT2D eigenvalue weighted by Gasteiger charge is 2.52. The van der Waals surface area contributed by atoms with Crippen LogP contribution >= 0.6 is 0 Å². The molecule has 3 heterocycles. The first-order valence-electron chi connectivity index (χ1n) is 11.7. The predicted octanol–water partition coefficient (Wildman–Crippen LogP) is 3.30. The van der Waals surface area contributed by atoms with Crippen LogP contribution in [0.2, 0.25) is 0 Å². The number of hydrazone groups is 1. The Morgan fingerprint density at radius 2 is 1.74 bits per heavy atom. The summed E-state index contributed by atoms with van der Waals surface area (Å²) in [6.07, 6.45) is 1.10. The quantitative estimate of drug-likeness (QED) is 0.383. The average molecular weight is 475 g/mol. The van der Waals surface area contributed by atoms with Gasteiger partial charge in [-0.1, -0.05) is 0 Å². The van der Waals surface area contributed by atoms with Gasteiger partial charge < -0.3 is 25.5 Å². The molecule has 3 N–H and O–H groups in total. The van der Waals surface area contributed by atoms with Crippen LogP contribution < -0.4 is 16.1 Å². The number of likely N-dealkylation sites (tertiary alicyclic amines) is 1. The van der Waals surface area contributed by atoms with E-state index in [1.165, 1.54) is 0 Å². The molecule has 34 heavy (non-hydrogen) atoms. The van der Waals surface area contributed by atoms with Gasteiger partial charge in [0.2, 0.25) is 0 Å². The molecule has 1 atom stereocenters. The number of nitrogens with one attached hydrogen (secondary N) is 1. The van der Waals surface area contributed by atoms with Crippen LogP contribution in [0, 0.1) is 6.92 Å². The Bertz CT molecular complexity index is 994. The minimum Gasteiger partial charge on any atom is -0.444 e. The Morgan fingerprint density at radius 3 is 2.32 bits per heavy atom. The van der Waals surface area contributed by atoms with E-state index in [2.05, 4.69) is 10.5 Å². The third-order valence-electron chi connectivity index (χ3n) is 5.88. The van der Waals surface area contributed by atoms with E-state index in [9.17, 15) is 9.59 Å². The van der Waals surface area contributed by atoms with Crippen LogP contribution in [0.1, 0.15) is 71.2 Å². The van der Waals surface area contributed by atoms with Crippen molar-refractivity contribution in [1.82, 2.24) is 15.3 Å². The Morgan fingerprint density at radius 1 is 1.12 bits per heavy atom. The molecular formula is C24H38N6O4. The standard InChI is InChI=1S/C24H38N6O4/c1-15-17(18(25)28-26-8)13-16-9-10-24(11-12-29(14-24)20(31)33-22(2,3)4)30(19(16)27-15)21(32)34-23(5,6)7/h13,26H,9-12,14H2,1-8H3,(H2,25,28)/t24-/m1/s1. The molecule has 0 aromatic carbocycles. The lowest BCUT2D eigenvalue weighted by atomic mass is 9.84. The molecule has 2 amide bonds. The molecule has 3 rings (SSSR count). The number of amidine groups is 1. The van der Waals surface area contributed by atoms with Crippen LogP contribution in [0.5, 0.6) is 0 Å². The zero-order chi connectivity index (χ0) is 25.5. The zero-order valence-corrected chi connectivity index (χ0v) is 21.6. The van der Waals surface area contributed by atoms with Gasteiger partial charge in [0, 0.05) is 25.7 Å². The molecule has 1 saturated heterocycles. The second kappa shape index (κ2) is 8.96. The lowest BCUT2D eigenvalue weighted by Crippen LogP contribution is -2.58. The summed E-state index contributed by atoms with van der Waals surface area (Å²) in [7, 11) is 1.68. The van der Waals surface area contributed by atoms with Crippen molar-refractivity contribution < 1.29 is 19.1 Å². The fraction of sp³-hybridized carbons (Fsp3) is 0.667.